The van der Waals surface area contributed by atoms with E-state index in [0.29, 0.717) is 12.3 Å². The molecule has 1 aromatic carbocycles. The predicted octanol–water partition coefficient (Wildman–Crippen LogP) is 2.86. The van der Waals surface area contributed by atoms with E-state index in [9.17, 15) is 19.2 Å². The van der Waals surface area contributed by atoms with Crippen LogP contribution >= 0.6 is 0 Å². The van der Waals surface area contributed by atoms with E-state index in [4.69, 9.17) is 38.6 Å². The number of methoxy groups -OCH3 is 1. The molecule has 0 aromatic heterocycles. The fraction of sp³-hybridized carbons (Fsp3) is 0.615. The van der Waals surface area contributed by atoms with Crippen LogP contribution in [-0.4, -0.2) is 70.0 Å². The minimum absolute atomic E-state index is 0.0213. The lowest BCUT2D eigenvalue weighted by Crippen LogP contribution is -2.64. The fourth-order valence-corrected chi connectivity index (χ4v) is 4.51. The van der Waals surface area contributed by atoms with Crippen LogP contribution in [0.15, 0.2) is 18.2 Å². The number of nitrogens with two attached hydrogens (primary N) is 1. The van der Waals surface area contributed by atoms with Gasteiger partial charge in [0.15, 0.2) is 26.6 Å². The van der Waals surface area contributed by atoms with Gasteiger partial charge in [0.25, 0.3) is 0 Å². The molecule has 1 saturated heterocycles. The average Bonchev–Trinajstić information content (AvgIpc) is 2.80. The van der Waals surface area contributed by atoms with Crippen LogP contribution < -0.4 is 10.5 Å². The standard InChI is InChI=1S/C26H39NO11Si/c1-14(28)34-20-21(35-15(2)29)23(36-16(3)30)25(38-22(20)24(31)32-7)37-18-11-10-17(19(27)12-18)13-33-39(8,9)26(4,5)6/h10-12,20-23,25H,13,27H2,1-9H3/t20-,21-,22-,23+,25+/m0/s1. The van der Waals surface area contributed by atoms with Crippen LogP contribution in [0.3, 0.4) is 0 Å². The van der Waals surface area contributed by atoms with Crippen molar-refractivity contribution in [1.82, 2.24) is 0 Å². The Kier molecular flexibility index (Phi) is 10.5. The third kappa shape index (κ3) is 8.41. The van der Waals surface area contributed by atoms with Gasteiger partial charge < -0.3 is 38.6 Å². The van der Waals surface area contributed by atoms with Crippen LogP contribution in [0.4, 0.5) is 5.69 Å². The normalized spacial score (nSPS) is 23.4. The van der Waals surface area contributed by atoms with E-state index in [1.165, 1.54) is 6.07 Å². The van der Waals surface area contributed by atoms with E-state index in [-0.39, 0.29) is 10.8 Å². The molecule has 0 spiro atoms. The summed E-state index contributed by atoms with van der Waals surface area (Å²) >= 11 is 0. The molecular weight excluding hydrogens is 530 g/mol. The Labute approximate surface area is 229 Å². The van der Waals surface area contributed by atoms with Crippen molar-refractivity contribution in [3.05, 3.63) is 23.8 Å². The van der Waals surface area contributed by atoms with Gasteiger partial charge in [-0.3, -0.25) is 14.4 Å². The maximum atomic E-state index is 12.6. The molecule has 13 heteroatoms. The van der Waals surface area contributed by atoms with Crippen molar-refractivity contribution in [1.29, 1.82) is 0 Å². The van der Waals surface area contributed by atoms with Crippen LogP contribution in [0.2, 0.25) is 18.1 Å². The third-order valence-corrected chi connectivity index (χ3v) is 11.1. The SMILES string of the molecule is COC(=O)[C@H]1O[C@@H](Oc2ccc(CO[Si](C)(C)C(C)(C)C)c(N)c2)[C@H](OC(C)=O)[C@@H](OC(C)=O)[C@@H]1OC(C)=O. The zero-order valence-electron chi connectivity index (χ0n) is 23.9. The average molecular weight is 570 g/mol. The minimum Gasteiger partial charge on any atom is -0.467 e. The molecule has 1 heterocycles. The van der Waals surface area contributed by atoms with Crippen molar-refractivity contribution in [2.75, 3.05) is 12.8 Å². The number of esters is 4. The van der Waals surface area contributed by atoms with Crippen molar-refractivity contribution >= 4 is 37.9 Å². The van der Waals surface area contributed by atoms with Gasteiger partial charge in [0.05, 0.1) is 13.7 Å². The summed E-state index contributed by atoms with van der Waals surface area (Å²) in [7, 11) is -0.914. The largest absolute Gasteiger partial charge is 0.467 e. The molecule has 1 aliphatic rings. The molecule has 0 bridgehead atoms. The molecule has 1 aromatic rings. The lowest BCUT2D eigenvalue weighted by molar-refractivity contribution is -0.282. The number of carbonyl (C=O) groups excluding carboxylic acids is 4. The maximum Gasteiger partial charge on any atom is 0.339 e. The zero-order chi connectivity index (χ0) is 29.7. The summed E-state index contributed by atoms with van der Waals surface area (Å²) in [6.45, 7) is 14.3. The number of ether oxygens (including phenoxy) is 6. The number of rotatable bonds is 9. The first-order valence-corrected chi connectivity index (χ1v) is 15.3. The van der Waals surface area contributed by atoms with E-state index in [1.54, 1.807) is 12.1 Å². The molecule has 0 saturated carbocycles. The molecular formula is C26H39NO11Si. The summed E-state index contributed by atoms with van der Waals surface area (Å²) in [5.74, 6) is -3.05. The second kappa shape index (κ2) is 12.8. The van der Waals surface area contributed by atoms with E-state index in [0.717, 1.165) is 33.4 Å². The monoisotopic (exact) mass is 569 g/mol. The van der Waals surface area contributed by atoms with Gasteiger partial charge in [-0.15, -0.1) is 0 Å². The summed E-state index contributed by atoms with van der Waals surface area (Å²) in [5, 5.41) is 0.0213. The molecule has 2 N–H and O–H groups in total. The molecule has 2 rings (SSSR count). The van der Waals surface area contributed by atoms with Crippen molar-refractivity contribution < 1.29 is 52.0 Å². The van der Waals surface area contributed by atoms with Crippen molar-refractivity contribution in [3.8, 4) is 5.75 Å². The van der Waals surface area contributed by atoms with Gasteiger partial charge in [0, 0.05) is 32.5 Å². The highest BCUT2D eigenvalue weighted by molar-refractivity contribution is 6.74. The van der Waals surface area contributed by atoms with Crippen LogP contribution in [-0.2, 0) is 53.9 Å². The highest BCUT2D eigenvalue weighted by atomic mass is 28.4. The molecule has 5 atom stereocenters. The number of benzene rings is 1. The van der Waals surface area contributed by atoms with Crippen LogP contribution in [0.5, 0.6) is 5.75 Å². The Bertz CT molecular complexity index is 1070. The topological polar surface area (TPSA) is 159 Å². The van der Waals surface area contributed by atoms with Gasteiger partial charge in [-0.1, -0.05) is 26.8 Å². The molecule has 0 unspecified atom stereocenters. The molecule has 39 heavy (non-hydrogen) atoms. The maximum absolute atomic E-state index is 12.6. The second-order valence-electron chi connectivity index (χ2n) is 10.7. The van der Waals surface area contributed by atoms with Gasteiger partial charge in [-0.05, 0) is 29.8 Å². The van der Waals surface area contributed by atoms with Crippen LogP contribution in [0.25, 0.3) is 0 Å². The molecule has 1 fully saturated rings. The number of hydrogen-bond donors (Lipinski definition) is 1. The molecule has 1 aliphatic heterocycles. The summed E-state index contributed by atoms with van der Waals surface area (Å²) < 4.78 is 38.7. The molecule has 0 aliphatic carbocycles. The van der Waals surface area contributed by atoms with Crippen molar-refractivity contribution in [2.24, 2.45) is 0 Å². The molecule has 0 amide bonds. The van der Waals surface area contributed by atoms with Gasteiger partial charge in [-0.25, -0.2) is 4.79 Å². The Hall–Kier alpha value is -3.16. The number of anilines is 1. The van der Waals surface area contributed by atoms with E-state index in [1.807, 2.05) is 0 Å². The Morgan fingerprint density at radius 3 is 1.95 bits per heavy atom. The second-order valence-corrected chi connectivity index (χ2v) is 15.5. The quantitative estimate of drug-likeness (QED) is 0.201. The zero-order valence-corrected chi connectivity index (χ0v) is 24.9. The number of carbonyl (C=O) groups is 4. The smallest absolute Gasteiger partial charge is 0.339 e. The van der Waals surface area contributed by atoms with Gasteiger partial charge >= 0.3 is 23.9 Å². The van der Waals surface area contributed by atoms with Gasteiger partial charge in [0.1, 0.15) is 5.75 Å². The summed E-state index contributed by atoms with van der Waals surface area (Å²) in [5.41, 5.74) is 7.40. The number of nitrogen functional groups attached to an aromatic ring is 1. The summed E-state index contributed by atoms with van der Waals surface area (Å²) in [6, 6.07) is 4.87. The highest BCUT2D eigenvalue weighted by Gasteiger charge is 2.55. The Morgan fingerprint density at radius 2 is 1.46 bits per heavy atom. The van der Waals surface area contributed by atoms with E-state index < -0.39 is 62.9 Å². The molecule has 12 nitrogen and oxygen atoms in total. The van der Waals surface area contributed by atoms with Gasteiger partial charge in [-0.2, -0.15) is 0 Å². The van der Waals surface area contributed by atoms with Crippen LogP contribution in [0, 0.1) is 0 Å². The molecule has 218 valence electrons. The lowest BCUT2D eigenvalue weighted by atomic mass is 9.97. The molecule has 0 radical (unpaired) electrons. The summed E-state index contributed by atoms with van der Waals surface area (Å²) in [6.07, 6.45) is -7.38. The third-order valence-electron chi connectivity index (χ3n) is 6.60. The fourth-order valence-electron chi connectivity index (χ4n) is 3.56. The van der Waals surface area contributed by atoms with Crippen molar-refractivity contribution in [3.63, 3.8) is 0 Å². The predicted molar refractivity (Wildman–Crippen MR) is 141 cm³/mol. The number of hydrogen-bond acceptors (Lipinski definition) is 12. The summed E-state index contributed by atoms with van der Waals surface area (Å²) in [4.78, 5) is 48.3. The van der Waals surface area contributed by atoms with E-state index in [2.05, 4.69) is 33.9 Å². The van der Waals surface area contributed by atoms with Gasteiger partial charge in [0.2, 0.25) is 12.4 Å². The minimum atomic E-state index is -2.02. The highest BCUT2D eigenvalue weighted by Crippen LogP contribution is 2.38. The van der Waals surface area contributed by atoms with E-state index >= 15 is 0 Å². The Morgan fingerprint density at radius 1 is 0.923 bits per heavy atom. The van der Waals surface area contributed by atoms with Crippen molar-refractivity contribution in [2.45, 2.75) is 97.0 Å². The van der Waals surface area contributed by atoms with Crippen LogP contribution in [0.1, 0.15) is 47.1 Å². The first-order chi connectivity index (χ1) is 18.0. The first-order valence-electron chi connectivity index (χ1n) is 12.4. The first kappa shape index (κ1) is 32.1. The lowest BCUT2D eigenvalue weighted by Gasteiger charge is -2.43. The Balaban J connectivity index is 2.40.